The molecule has 9 nitrogen and oxygen atoms in total. The fourth-order valence-electron chi connectivity index (χ4n) is 5.09. The molecule has 230 valence electrons. The van der Waals surface area contributed by atoms with Crippen molar-refractivity contribution < 1.29 is 30.4 Å². The van der Waals surface area contributed by atoms with Crippen LogP contribution in [-0.2, 0) is 10.0 Å². The molecule has 0 saturated heterocycles. The third-order valence-corrected chi connectivity index (χ3v) is 8.61. The monoisotopic (exact) mass is 616 g/mol. The summed E-state index contributed by atoms with van der Waals surface area (Å²) in [6, 6.07) is 3.43. The number of nitrogens with zero attached hydrogens (tertiary/aromatic N) is 4. The number of alkyl halides is 3. The zero-order chi connectivity index (χ0) is 31.0. The molecule has 0 amide bonds. The topological polar surface area (TPSA) is 109 Å². The van der Waals surface area contributed by atoms with Gasteiger partial charge in [-0.05, 0) is 71.8 Å². The SMILES string of the molecule is CC(C)n1c(=O)c(-c2ccc(NS(=O)(=O)CCC(F)(F)F)c(F)c2F)cc2cnc(NC3CCC(N(C)C)CC3)nc21. The van der Waals surface area contributed by atoms with Gasteiger partial charge in [-0.15, -0.1) is 0 Å². The van der Waals surface area contributed by atoms with E-state index in [0.717, 1.165) is 37.8 Å². The lowest BCUT2D eigenvalue weighted by Crippen LogP contribution is -2.36. The van der Waals surface area contributed by atoms with Gasteiger partial charge in [-0.1, -0.05) is 0 Å². The quantitative estimate of drug-likeness (QED) is 0.314. The Morgan fingerprint density at radius 3 is 2.33 bits per heavy atom. The molecule has 15 heteroatoms. The van der Waals surface area contributed by atoms with Crippen LogP contribution in [-0.4, -0.2) is 66.0 Å². The summed E-state index contributed by atoms with van der Waals surface area (Å²) in [6.07, 6.45) is -1.02. The number of nitrogens with one attached hydrogen (secondary N) is 2. The molecule has 2 aromatic heterocycles. The fourth-order valence-corrected chi connectivity index (χ4v) is 6.18. The van der Waals surface area contributed by atoms with E-state index in [0.29, 0.717) is 23.0 Å². The van der Waals surface area contributed by atoms with Gasteiger partial charge in [0.15, 0.2) is 11.6 Å². The summed E-state index contributed by atoms with van der Waals surface area (Å²) in [6.45, 7) is 3.47. The number of pyridine rings is 1. The maximum absolute atomic E-state index is 15.2. The van der Waals surface area contributed by atoms with Crippen molar-refractivity contribution in [3.8, 4) is 11.1 Å². The first-order chi connectivity index (χ1) is 19.6. The first-order valence-electron chi connectivity index (χ1n) is 13.5. The lowest BCUT2D eigenvalue weighted by molar-refractivity contribution is -0.129. The molecule has 0 aliphatic heterocycles. The molecule has 0 unspecified atom stereocenters. The van der Waals surface area contributed by atoms with Crippen LogP contribution in [0.25, 0.3) is 22.2 Å². The van der Waals surface area contributed by atoms with E-state index in [1.54, 1.807) is 18.6 Å². The molecular weight excluding hydrogens is 583 g/mol. The molecule has 0 spiro atoms. The van der Waals surface area contributed by atoms with Crippen LogP contribution in [0.15, 0.2) is 29.2 Å². The van der Waals surface area contributed by atoms with Crippen molar-refractivity contribution in [1.29, 1.82) is 0 Å². The molecule has 0 bridgehead atoms. The molecule has 1 saturated carbocycles. The molecular formula is C27H33F5N6O3S. The molecule has 1 aliphatic rings. The number of sulfonamides is 1. The highest BCUT2D eigenvalue weighted by Crippen LogP contribution is 2.31. The molecule has 1 fully saturated rings. The van der Waals surface area contributed by atoms with Gasteiger partial charge < -0.3 is 10.2 Å². The van der Waals surface area contributed by atoms with Crippen molar-refractivity contribution in [2.45, 2.75) is 70.3 Å². The summed E-state index contributed by atoms with van der Waals surface area (Å²) in [7, 11) is -0.511. The third kappa shape index (κ3) is 7.17. The largest absolute Gasteiger partial charge is 0.390 e. The Balaban J connectivity index is 1.66. The average Bonchev–Trinajstić information content (AvgIpc) is 2.90. The van der Waals surface area contributed by atoms with Crippen LogP contribution in [0.3, 0.4) is 0 Å². The van der Waals surface area contributed by atoms with Crippen LogP contribution in [0, 0.1) is 11.6 Å². The van der Waals surface area contributed by atoms with Gasteiger partial charge in [0.05, 0.1) is 23.4 Å². The summed E-state index contributed by atoms with van der Waals surface area (Å²) >= 11 is 0. The molecule has 4 rings (SSSR count). The van der Waals surface area contributed by atoms with Gasteiger partial charge in [0.1, 0.15) is 5.65 Å². The van der Waals surface area contributed by atoms with E-state index in [1.807, 2.05) is 0 Å². The van der Waals surface area contributed by atoms with Gasteiger partial charge in [0.25, 0.3) is 5.56 Å². The number of rotatable bonds is 9. The highest BCUT2D eigenvalue weighted by atomic mass is 32.2. The minimum absolute atomic E-state index is 0.165. The van der Waals surface area contributed by atoms with E-state index in [-0.39, 0.29) is 11.6 Å². The van der Waals surface area contributed by atoms with E-state index >= 15 is 4.39 Å². The van der Waals surface area contributed by atoms with E-state index in [1.165, 1.54) is 16.8 Å². The maximum atomic E-state index is 15.2. The highest BCUT2D eigenvalue weighted by Gasteiger charge is 2.31. The number of hydrogen-bond acceptors (Lipinski definition) is 7. The van der Waals surface area contributed by atoms with Crippen molar-refractivity contribution in [3.63, 3.8) is 0 Å². The van der Waals surface area contributed by atoms with Gasteiger partial charge >= 0.3 is 6.18 Å². The predicted molar refractivity (Wildman–Crippen MR) is 151 cm³/mol. The average molecular weight is 617 g/mol. The van der Waals surface area contributed by atoms with E-state index < -0.39 is 62.9 Å². The highest BCUT2D eigenvalue weighted by molar-refractivity contribution is 7.92. The third-order valence-electron chi connectivity index (χ3n) is 7.34. The lowest BCUT2D eigenvalue weighted by atomic mass is 9.91. The van der Waals surface area contributed by atoms with Crippen molar-refractivity contribution in [2.75, 3.05) is 29.9 Å². The summed E-state index contributed by atoms with van der Waals surface area (Å²) in [4.78, 5) is 24.7. The second kappa shape index (κ2) is 12.1. The fraction of sp³-hybridized carbons (Fsp3) is 0.519. The molecule has 42 heavy (non-hydrogen) atoms. The van der Waals surface area contributed by atoms with Crippen molar-refractivity contribution in [2.24, 2.45) is 0 Å². The first-order valence-corrected chi connectivity index (χ1v) is 15.1. The summed E-state index contributed by atoms with van der Waals surface area (Å²) in [5, 5.41) is 3.72. The Kier molecular flexibility index (Phi) is 9.11. The molecule has 2 heterocycles. The number of halogens is 5. The zero-order valence-electron chi connectivity index (χ0n) is 23.6. The molecule has 0 radical (unpaired) electrons. The van der Waals surface area contributed by atoms with E-state index in [9.17, 15) is 30.8 Å². The number of benzene rings is 1. The molecule has 0 atom stereocenters. The van der Waals surface area contributed by atoms with Crippen LogP contribution >= 0.6 is 0 Å². The second-order valence-electron chi connectivity index (χ2n) is 11.0. The zero-order valence-corrected chi connectivity index (χ0v) is 24.4. The van der Waals surface area contributed by atoms with Gasteiger partial charge in [0.2, 0.25) is 16.0 Å². The predicted octanol–water partition coefficient (Wildman–Crippen LogP) is 5.30. The molecule has 1 aliphatic carbocycles. The smallest absolute Gasteiger partial charge is 0.351 e. The van der Waals surface area contributed by atoms with Crippen molar-refractivity contribution in [3.05, 3.63) is 46.4 Å². The molecule has 1 aromatic carbocycles. The number of anilines is 2. The van der Waals surface area contributed by atoms with Gasteiger partial charge in [-0.25, -0.2) is 22.2 Å². The summed E-state index contributed by atoms with van der Waals surface area (Å²) < 4.78 is 94.5. The Morgan fingerprint density at radius 1 is 1.07 bits per heavy atom. The van der Waals surface area contributed by atoms with Gasteiger partial charge in [0, 0.05) is 35.3 Å². The van der Waals surface area contributed by atoms with Gasteiger partial charge in [-0.3, -0.25) is 14.1 Å². The van der Waals surface area contributed by atoms with Crippen LogP contribution in [0.1, 0.15) is 52.0 Å². The van der Waals surface area contributed by atoms with Crippen LogP contribution in [0.4, 0.5) is 33.6 Å². The maximum Gasteiger partial charge on any atom is 0.390 e. The van der Waals surface area contributed by atoms with E-state index in [4.69, 9.17) is 0 Å². The number of hydrogen-bond donors (Lipinski definition) is 2. The first kappa shape index (κ1) is 31.6. The van der Waals surface area contributed by atoms with Crippen LogP contribution in [0.2, 0.25) is 0 Å². The van der Waals surface area contributed by atoms with Crippen LogP contribution in [0.5, 0.6) is 0 Å². The normalized spacial score (nSPS) is 18.2. The van der Waals surface area contributed by atoms with Gasteiger partial charge in [-0.2, -0.15) is 18.2 Å². The standard InChI is InChI=1S/C27H33F5N6O3S/c1-15(2)38-24-16(14-33-26(35-24)34-17-5-7-18(8-6-17)37(3)4)13-20(25(38)39)19-9-10-21(23(29)22(19)28)36-42(40,41)12-11-27(30,31)32/h9-10,13-15,17-18,36H,5-8,11-12H2,1-4H3,(H,33,34,35). The Hall–Kier alpha value is -3.33. The number of aromatic nitrogens is 3. The summed E-state index contributed by atoms with van der Waals surface area (Å²) in [5.41, 5.74) is -1.90. The minimum Gasteiger partial charge on any atom is -0.351 e. The molecule has 3 aromatic rings. The Morgan fingerprint density at radius 2 is 1.74 bits per heavy atom. The van der Waals surface area contributed by atoms with Crippen molar-refractivity contribution in [1.82, 2.24) is 19.4 Å². The summed E-state index contributed by atoms with van der Waals surface area (Å²) in [5.74, 6) is -4.21. The molecule has 2 N–H and O–H groups in total. The Labute approximate surface area is 240 Å². The Bertz CT molecular complexity index is 1620. The lowest BCUT2D eigenvalue weighted by Gasteiger charge is -2.33. The van der Waals surface area contributed by atoms with Crippen LogP contribution < -0.4 is 15.6 Å². The minimum atomic E-state index is -4.75. The van der Waals surface area contributed by atoms with Crippen molar-refractivity contribution >= 4 is 32.7 Å². The second-order valence-corrected chi connectivity index (χ2v) is 12.8. The van der Waals surface area contributed by atoms with E-state index in [2.05, 4.69) is 34.3 Å². The number of fused-ring (bicyclic) bond motifs is 1.